The van der Waals surface area contributed by atoms with Gasteiger partial charge in [0, 0.05) is 31.4 Å². The van der Waals surface area contributed by atoms with Crippen LogP contribution in [0, 0.1) is 0 Å². The Morgan fingerprint density at radius 2 is 2.24 bits per heavy atom. The first kappa shape index (κ1) is 13.6. The number of nitrogens with one attached hydrogen (secondary N) is 1. The van der Waals surface area contributed by atoms with E-state index in [-0.39, 0.29) is 11.6 Å². The molecule has 0 spiro atoms. The van der Waals surface area contributed by atoms with Gasteiger partial charge < -0.3 is 10.0 Å². The number of rotatable bonds is 2. The topological polar surface area (TPSA) is 82.5 Å². The Hall–Kier alpha value is -2.41. The summed E-state index contributed by atoms with van der Waals surface area (Å²) in [5.41, 5.74) is 2.17. The predicted octanol–water partition coefficient (Wildman–Crippen LogP) is 2.43. The number of carboxylic acid groups (broad SMARTS) is 1. The average Bonchev–Trinajstić information content (AvgIpc) is 2.95. The third-order valence-electron chi connectivity index (χ3n) is 3.37. The maximum atomic E-state index is 12.3. The van der Waals surface area contributed by atoms with E-state index in [2.05, 4.69) is 10.3 Å². The van der Waals surface area contributed by atoms with Crippen molar-refractivity contribution in [2.75, 3.05) is 11.9 Å². The van der Waals surface area contributed by atoms with Gasteiger partial charge in [-0.2, -0.15) is 0 Å². The van der Waals surface area contributed by atoms with Crippen LogP contribution in [-0.2, 0) is 13.0 Å². The van der Waals surface area contributed by atoms with E-state index in [1.165, 1.54) is 17.4 Å². The molecule has 0 aliphatic carbocycles. The molecule has 21 heavy (non-hydrogen) atoms. The molecule has 0 radical (unpaired) electrons. The lowest BCUT2D eigenvalue weighted by Crippen LogP contribution is -2.39. The summed E-state index contributed by atoms with van der Waals surface area (Å²) in [4.78, 5) is 29.3. The number of hydrogen-bond donors (Lipinski definition) is 2. The first-order valence-corrected chi connectivity index (χ1v) is 7.32. The van der Waals surface area contributed by atoms with E-state index in [1.807, 2.05) is 12.1 Å². The van der Waals surface area contributed by atoms with Crippen LogP contribution in [0.15, 0.2) is 29.8 Å². The Morgan fingerprint density at radius 3 is 3.05 bits per heavy atom. The Labute approximate surface area is 125 Å². The first-order chi connectivity index (χ1) is 10.1. The summed E-state index contributed by atoms with van der Waals surface area (Å²) in [5, 5.41) is 13.7. The number of pyridine rings is 1. The van der Waals surface area contributed by atoms with Gasteiger partial charge in [0.1, 0.15) is 5.00 Å². The zero-order chi connectivity index (χ0) is 14.8. The average molecular weight is 303 g/mol. The van der Waals surface area contributed by atoms with Gasteiger partial charge in [-0.25, -0.2) is 9.59 Å². The van der Waals surface area contributed by atoms with Crippen LogP contribution in [0.2, 0.25) is 0 Å². The second-order valence-electron chi connectivity index (χ2n) is 4.68. The molecule has 0 unspecified atom stereocenters. The van der Waals surface area contributed by atoms with Crippen molar-refractivity contribution in [2.24, 2.45) is 0 Å². The quantitative estimate of drug-likeness (QED) is 0.892. The Kier molecular flexibility index (Phi) is 3.57. The van der Waals surface area contributed by atoms with Gasteiger partial charge in [-0.1, -0.05) is 6.07 Å². The van der Waals surface area contributed by atoms with E-state index >= 15 is 0 Å². The minimum atomic E-state index is -1.04. The third kappa shape index (κ3) is 2.73. The lowest BCUT2D eigenvalue weighted by atomic mass is 10.1. The minimum absolute atomic E-state index is 0.118. The zero-order valence-electron chi connectivity index (χ0n) is 11.1. The van der Waals surface area contributed by atoms with Crippen molar-refractivity contribution in [1.82, 2.24) is 9.88 Å². The number of carbonyl (C=O) groups excluding carboxylic acids is 1. The van der Waals surface area contributed by atoms with Crippen LogP contribution in [0.3, 0.4) is 0 Å². The van der Waals surface area contributed by atoms with E-state index in [4.69, 9.17) is 5.11 Å². The zero-order valence-corrected chi connectivity index (χ0v) is 11.9. The molecule has 0 atom stereocenters. The summed E-state index contributed by atoms with van der Waals surface area (Å²) in [6, 6.07) is 5.00. The monoisotopic (exact) mass is 303 g/mol. The van der Waals surface area contributed by atoms with E-state index in [9.17, 15) is 9.59 Å². The number of carboxylic acids is 1. The van der Waals surface area contributed by atoms with Crippen molar-refractivity contribution >= 4 is 28.3 Å². The molecule has 2 aromatic rings. The Bertz CT molecular complexity index is 698. The highest BCUT2D eigenvalue weighted by atomic mass is 32.1. The number of aromatic nitrogens is 1. The molecule has 7 heteroatoms. The molecule has 1 aliphatic rings. The summed E-state index contributed by atoms with van der Waals surface area (Å²) >= 11 is 1.20. The molecule has 1 aliphatic heterocycles. The standard InChI is InChI=1S/C14H13N3O3S/c18-13(19)10-4-7-21-12(10)16-14(20)17-6-3-11-9(8-17)2-1-5-15-11/h1-2,4-5,7H,3,6,8H2,(H,16,20)(H,18,19). The number of hydrogen-bond acceptors (Lipinski definition) is 4. The van der Waals surface area contributed by atoms with Crippen molar-refractivity contribution in [2.45, 2.75) is 13.0 Å². The van der Waals surface area contributed by atoms with Crippen LogP contribution in [0.5, 0.6) is 0 Å². The lowest BCUT2D eigenvalue weighted by molar-refractivity contribution is 0.0698. The molecular weight excluding hydrogens is 290 g/mol. The van der Waals surface area contributed by atoms with Crippen LogP contribution in [0.1, 0.15) is 21.6 Å². The molecule has 3 rings (SSSR count). The van der Waals surface area contributed by atoms with E-state index in [0.717, 1.165) is 11.3 Å². The van der Waals surface area contributed by atoms with Gasteiger partial charge in [0.2, 0.25) is 0 Å². The maximum absolute atomic E-state index is 12.3. The normalized spacial score (nSPS) is 13.6. The summed E-state index contributed by atoms with van der Waals surface area (Å²) in [5.74, 6) is -1.04. The number of amides is 2. The number of carbonyl (C=O) groups is 2. The van der Waals surface area contributed by atoms with Crippen molar-refractivity contribution in [3.63, 3.8) is 0 Å². The number of fused-ring (bicyclic) bond motifs is 1. The van der Waals surface area contributed by atoms with E-state index in [0.29, 0.717) is 24.5 Å². The Balaban J connectivity index is 1.72. The van der Waals surface area contributed by atoms with Crippen molar-refractivity contribution < 1.29 is 14.7 Å². The summed E-state index contributed by atoms with van der Waals surface area (Å²) in [6.07, 6.45) is 2.46. The minimum Gasteiger partial charge on any atom is -0.478 e. The number of thiophene rings is 1. The fraction of sp³-hybridized carbons (Fsp3) is 0.214. The SMILES string of the molecule is O=C(O)c1ccsc1NC(=O)N1CCc2ncccc2C1. The lowest BCUT2D eigenvalue weighted by Gasteiger charge is -2.28. The first-order valence-electron chi connectivity index (χ1n) is 6.44. The maximum Gasteiger partial charge on any atom is 0.338 e. The van der Waals surface area contributed by atoms with E-state index in [1.54, 1.807) is 16.5 Å². The van der Waals surface area contributed by atoms with Gasteiger partial charge in [-0.15, -0.1) is 11.3 Å². The molecule has 0 bridgehead atoms. The van der Waals surface area contributed by atoms with Gasteiger partial charge in [-0.3, -0.25) is 10.3 Å². The van der Waals surface area contributed by atoms with Crippen LogP contribution in [0.25, 0.3) is 0 Å². The molecule has 3 heterocycles. The van der Waals surface area contributed by atoms with Crippen molar-refractivity contribution in [3.05, 3.63) is 46.6 Å². The highest BCUT2D eigenvalue weighted by molar-refractivity contribution is 7.14. The van der Waals surface area contributed by atoms with Crippen LogP contribution in [-0.4, -0.2) is 33.5 Å². The number of nitrogens with zero attached hydrogens (tertiary/aromatic N) is 2. The predicted molar refractivity (Wildman–Crippen MR) is 78.6 cm³/mol. The molecule has 2 amide bonds. The van der Waals surface area contributed by atoms with Crippen LogP contribution >= 0.6 is 11.3 Å². The highest BCUT2D eigenvalue weighted by Crippen LogP contribution is 2.24. The summed E-state index contributed by atoms with van der Waals surface area (Å²) < 4.78 is 0. The van der Waals surface area contributed by atoms with Gasteiger partial charge in [-0.05, 0) is 23.1 Å². The molecule has 6 nitrogen and oxygen atoms in total. The molecule has 2 N–H and O–H groups in total. The van der Waals surface area contributed by atoms with Gasteiger partial charge in [0.05, 0.1) is 5.56 Å². The van der Waals surface area contributed by atoms with Crippen molar-refractivity contribution in [1.29, 1.82) is 0 Å². The highest BCUT2D eigenvalue weighted by Gasteiger charge is 2.23. The molecule has 0 fully saturated rings. The van der Waals surface area contributed by atoms with Gasteiger partial charge >= 0.3 is 12.0 Å². The second kappa shape index (κ2) is 5.53. The summed E-state index contributed by atoms with van der Waals surface area (Å²) in [6.45, 7) is 1.06. The number of anilines is 1. The van der Waals surface area contributed by atoms with E-state index < -0.39 is 5.97 Å². The molecule has 108 valence electrons. The summed E-state index contributed by atoms with van der Waals surface area (Å²) in [7, 11) is 0. The van der Waals surface area contributed by atoms with Crippen LogP contribution < -0.4 is 5.32 Å². The van der Waals surface area contributed by atoms with Gasteiger partial charge in [0.15, 0.2) is 0 Å². The third-order valence-corrected chi connectivity index (χ3v) is 4.20. The molecule has 2 aromatic heterocycles. The molecule has 0 saturated carbocycles. The molecule has 0 aromatic carbocycles. The molecule has 0 saturated heterocycles. The smallest absolute Gasteiger partial charge is 0.338 e. The second-order valence-corrected chi connectivity index (χ2v) is 5.60. The fourth-order valence-electron chi connectivity index (χ4n) is 2.29. The van der Waals surface area contributed by atoms with Crippen molar-refractivity contribution in [3.8, 4) is 0 Å². The number of urea groups is 1. The van der Waals surface area contributed by atoms with Gasteiger partial charge in [0.25, 0.3) is 0 Å². The largest absolute Gasteiger partial charge is 0.478 e. The Morgan fingerprint density at radius 1 is 1.38 bits per heavy atom. The molecular formula is C14H13N3O3S. The fourth-order valence-corrected chi connectivity index (χ4v) is 3.06. The number of aromatic carboxylic acids is 1. The van der Waals surface area contributed by atoms with Crippen LogP contribution in [0.4, 0.5) is 9.80 Å².